The molecule has 0 fully saturated rings. The molecule has 0 aliphatic heterocycles. The second kappa shape index (κ2) is 7.78. The van der Waals surface area contributed by atoms with Crippen LogP contribution < -0.4 is 5.32 Å². The number of rotatable bonds is 7. The van der Waals surface area contributed by atoms with Crippen molar-refractivity contribution in [1.29, 1.82) is 0 Å². The lowest BCUT2D eigenvalue weighted by atomic mass is 10.1. The number of hydrogen-bond acceptors (Lipinski definition) is 2. The van der Waals surface area contributed by atoms with Crippen LogP contribution in [-0.4, -0.2) is 12.3 Å². The van der Waals surface area contributed by atoms with E-state index < -0.39 is 0 Å². The van der Waals surface area contributed by atoms with Crippen LogP contribution in [0.1, 0.15) is 51.6 Å². The number of nitrogens with one attached hydrogen (secondary N) is 1. The molecule has 0 saturated heterocycles. The molecule has 1 nitrogen and oxygen atoms in total. The van der Waals surface area contributed by atoms with Gasteiger partial charge in [-0.3, -0.25) is 0 Å². The monoisotopic (exact) mass is 251 g/mol. The second-order valence-electron chi connectivity index (χ2n) is 4.70. The topological polar surface area (TPSA) is 12.0 Å². The summed E-state index contributed by atoms with van der Waals surface area (Å²) in [6, 6.07) is 9.92. The summed E-state index contributed by atoms with van der Waals surface area (Å²) in [4.78, 5) is 1.33. The highest BCUT2D eigenvalue weighted by atomic mass is 32.2. The highest BCUT2D eigenvalue weighted by Gasteiger charge is 2.08. The van der Waals surface area contributed by atoms with Crippen molar-refractivity contribution in [2.75, 3.05) is 6.26 Å². The van der Waals surface area contributed by atoms with E-state index in [1.165, 1.54) is 29.7 Å². The fraction of sp³-hybridized carbons (Fsp3) is 0.600. The number of unbranched alkanes of at least 4 members (excludes halogenated alkanes) is 1. The quantitative estimate of drug-likeness (QED) is 0.709. The smallest absolute Gasteiger partial charge is 0.0294 e. The molecule has 0 heterocycles. The van der Waals surface area contributed by atoms with Gasteiger partial charge < -0.3 is 5.32 Å². The lowest BCUT2D eigenvalue weighted by Crippen LogP contribution is -2.28. The van der Waals surface area contributed by atoms with Gasteiger partial charge in [0, 0.05) is 17.0 Å². The summed E-state index contributed by atoms with van der Waals surface area (Å²) in [7, 11) is 0. The minimum Gasteiger partial charge on any atom is -0.308 e. The molecule has 2 unspecified atom stereocenters. The Kier molecular flexibility index (Phi) is 6.68. The van der Waals surface area contributed by atoms with Crippen molar-refractivity contribution in [3.8, 4) is 0 Å². The molecule has 17 heavy (non-hydrogen) atoms. The molecule has 0 saturated carbocycles. The van der Waals surface area contributed by atoms with Crippen molar-refractivity contribution in [3.63, 3.8) is 0 Å². The lowest BCUT2D eigenvalue weighted by Gasteiger charge is -2.20. The van der Waals surface area contributed by atoms with Gasteiger partial charge in [0.25, 0.3) is 0 Å². The Morgan fingerprint density at radius 3 is 2.35 bits per heavy atom. The molecule has 0 amide bonds. The van der Waals surface area contributed by atoms with Crippen molar-refractivity contribution in [2.24, 2.45) is 0 Å². The third kappa shape index (κ3) is 5.13. The molecule has 0 aliphatic rings. The summed E-state index contributed by atoms with van der Waals surface area (Å²) < 4.78 is 0. The zero-order valence-corrected chi connectivity index (χ0v) is 12.3. The highest BCUT2D eigenvalue weighted by molar-refractivity contribution is 7.98. The Bertz CT molecular complexity index is 307. The number of thioether (sulfide) groups is 1. The predicted octanol–water partition coefficient (Wildman–Crippen LogP) is 4.64. The SMILES string of the molecule is CCCCC(C)NC(C)c1ccc(SC)cc1. The number of hydrogen-bond donors (Lipinski definition) is 1. The lowest BCUT2D eigenvalue weighted by molar-refractivity contribution is 0.444. The zero-order valence-electron chi connectivity index (χ0n) is 11.5. The van der Waals surface area contributed by atoms with Crippen LogP contribution in [0.15, 0.2) is 29.2 Å². The maximum Gasteiger partial charge on any atom is 0.0294 e. The summed E-state index contributed by atoms with van der Waals surface area (Å²) in [5.41, 5.74) is 1.38. The van der Waals surface area contributed by atoms with Gasteiger partial charge in [-0.1, -0.05) is 31.9 Å². The van der Waals surface area contributed by atoms with Crippen LogP contribution in [0.25, 0.3) is 0 Å². The van der Waals surface area contributed by atoms with E-state index in [2.05, 4.69) is 56.6 Å². The Morgan fingerprint density at radius 2 is 1.82 bits per heavy atom. The summed E-state index contributed by atoms with van der Waals surface area (Å²) in [5.74, 6) is 0. The van der Waals surface area contributed by atoms with Crippen LogP contribution in [0.4, 0.5) is 0 Å². The van der Waals surface area contributed by atoms with Crippen molar-refractivity contribution in [1.82, 2.24) is 5.32 Å². The van der Waals surface area contributed by atoms with E-state index >= 15 is 0 Å². The standard InChI is InChI=1S/C15H25NS/c1-5-6-7-12(2)16-13(3)14-8-10-15(17-4)11-9-14/h8-13,16H,5-7H2,1-4H3. The maximum absolute atomic E-state index is 3.66. The molecular formula is C15H25NS. The van der Waals surface area contributed by atoms with E-state index in [0.717, 1.165) is 0 Å². The van der Waals surface area contributed by atoms with Crippen molar-refractivity contribution in [3.05, 3.63) is 29.8 Å². The summed E-state index contributed by atoms with van der Waals surface area (Å²) >= 11 is 1.79. The van der Waals surface area contributed by atoms with E-state index in [9.17, 15) is 0 Å². The van der Waals surface area contributed by atoms with Gasteiger partial charge in [-0.05, 0) is 44.2 Å². The third-order valence-electron chi connectivity index (χ3n) is 3.14. The molecular weight excluding hydrogens is 226 g/mol. The molecule has 2 heteroatoms. The molecule has 0 spiro atoms. The fourth-order valence-corrected chi connectivity index (χ4v) is 2.42. The van der Waals surface area contributed by atoms with Gasteiger partial charge in [0.05, 0.1) is 0 Å². The summed E-state index contributed by atoms with van der Waals surface area (Å²) in [6.07, 6.45) is 5.97. The van der Waals surface area contributed by atoms with Gasteiger partial charge in [0.15, 0.2) is 0 Å². The van der Waals surface area contributed by atoms with E-state index in [4.69, 9.17) is 0 Å². The minimum absolute atomic E-state index is 0.442. The normalized spacial score (nSPS) is 14.6. The molecule has 1 N–H and O–H groups in total. The van der Waals surface area contributed by atoms with Gasteiger partial charge in [-0.2, -0.15) is 0 Å². The fourth-order valence-electron chi connectivity index (χ4n) is 2.01. The molecule has 1 aromatic carbocycles. The summed E-state index contributed by atoms with van der Waals surface area (Å²) in [5, 5.41) is 3.66. The Labute approximate surface area is 110 Å². The molecule has 0 aromatic heterocycles. The first kappa shape index (κ1) is 14.6. The third-order valence-corrected chi connectivity index (χ3v) is 3.88. The van der Waals surface area contributed by atoms with E-state index in [-0.39, 0.29) is 0 Å². The van der Waals surface area contributed by atoms with Crippen molar-refractivity contribution in [2.45, 2.75) is 57.0 Å². The van der Waals surface area contributed by atoms with Crippen LogP contribution in [0, 0.1) is 0 Å². The van der Waals surface area contributed by atoms with Crippen LogP contribution in [-0.2, 0) is 0 Å². The van der Waals surface area contributed by atoms with Gasteiger partial charge in [-0.25, -0.2) is 0 Å². The Balaban J connectivity index is 2.47. The molecule has 1 aromatic rings. The van der Waals surface area contributed by atoms with Crippen LogP contribution in [0.2, 0.25) is 0 Å². The second-order valence-corrected chi connectivity index (χ2v) is 5.58. The van der Waals surface area contributed by atoms with Gasteiger partial charge in [0.2, 0.25) is 0 Å². The summed E-state index contributed by atoms with van der Waals surface area (Å²) in [6.45, 7) is 6.77. The van der Waals surface area contributed by atoms with E-state index in [0.29, 0.717) is 12.1 Å². The molecule has 1 rings (SSSR count). The van der Waals surface area contributed by atoms with Crippen LogP contribution in [0.3, 0.4) is 0 Å². The average Bonchev–Trinajstić information content (AvgIpc) is 2.36. The average molecular weight is 251 g/mol. The van der Waals surface area contributed by atoms with Gasteiger partial charge in [-0.15, -0.1) is 11.8 Å². The first-order valence-electron chi connectivity index (χ1n) is 6.57. The zero-order chi connectivity index (χ0) is 12.7. The first-order chi connectivity index (χ1) is 8.17. The first-order valence-corrected chi connectivity index (χ1v) is 7.79. The van der Waals surface area contributed by atoms with Gasteiger partial charge in [0.1, 0.15) is 0 Å². The van der Waals surface area contributed by atoms with Crippen LogP contribution >= 0.6 is 11.8 Å². The van der Waals surface area contributed by atoms with Crippen LogP contribution in [0.5, 0.6) is 0 Å². The molecule has 2 atom stereocenters. The maximum atomic E-state index is 3.66. The molecule has 0 aliphatic carbocycles. The van der Waals surface area contributed by atoms with Crippen molar-refractivity contribution < 1.29 is 0 Å². The molecule has 0 bridgehead atoms. The minimum atomic E-state index is 0.442. The van der Waals surface area contributed by atoms with Crippen molar-refractivity contribution >= 4 is 11.8 Å². The number of benzene rings is 1. The van der Waals surface area contributed by atoms with Gasteiger partial charge >= 0.3 is 0 Å². The molecule has 0 radical (unpaired) electrons. The Morgan fingerprint density at radius 1 is 1.18 bits per heavy atom. The van der Waals surface area contributed by atoms with E-state index in [1.54, 1.807) is 11.8 Å². The Hall–Kier alpha value is -0.470. The predicted molar refractivity (Wildman–Crippen MR) is 78.8 cm³/mol. The highest BCUT2D eigenvalue weighted by Crippen LogP contribution is 2.19. The van der Waals surface area contributed by atoms with E-state index in [1.807, 2.05) is 0 Å². The largest absolute Gasteiger partial charge is 0.308 e. The molecule has 96 valence electrons.